The van der Waals surface area contributed by atoms with Crippen LogP contribution < -0.4 is 4.52 Å². The molecule has 0 bridgehead atoms. The Morgan fingerprint density at radius 2 is 2.00 bits per heavy atom. The highest BCUT2D eigenvalue weighted by molar-refractivity contribution is 7.52. The van der Waals surface area contributed by atoms with Crippen LogP contribution in [0.3, 0.4) is 0 Å². The minimum absolute atomic E-state index is 0.464. The molecule has 12 heavy (non-hydrogen) atoms. The van der Waals surface area contributed by atoms with Crippen LogP contribution in [0.25, 0.3) is 0 Å². The lowest BCUT2D eigenvalue weighted by molar-refractivity contribution is 0.386. The van der Waals surface area contributed by atoms with Gasteiger partial charge in [-0.2, -0.15) is 0 Å². The van der Waals surface area contributed by atoms with E-state index in [0.717, 1.165) is 5.56 Å². The summed E-state index contributed by atoms with van der Waals surface area (Å²) in [6.07, 6.45) is 0. The number of benzene rings is 1. The molecule has 0 aliphatic rings. The largest absolute Gasteiger partial charge is 0.424 e. The highest BCUT2D eigenvalue weighted by Gasteiger charge is 2.12. The summed E-state index contributed by atoms with van der Waals surface area (Å²) in [5.74, 6) is 0.464. The van der Waals surface area contributed by atoms with Crippen LogP contribution in [0.4, 0.5) is 0 Å². The molecular formula is C8H11O3P. The molecule has 1 atom stereocenters. The van der Waals surface area contributed by atoms with E-state index in [1.807, 2.05) is 19.1 Å². The summed E-state index contributed by atoms with van der Waals surface area (Å²) in [7, 11) is -3.41. The number of hydrogen-bond donors (Lipinski definition) is 1. The predicted molar refractivity (Wildman–Crippen MR) is 47.6 cm³/mol. The van der Waals surface area contributed by atoms with Crippen LogP contribution >= 0.6 is 7.60 Å². The first kappa shape index (κ1) is 9.30. The Balaban J connectivity index is 2.90. The molecule has 0 fully saturated rings. The number of aryl methyl sites for hydroxylation is 1. The van der Waals surface area contributed by atoms with Crippen molar-refractivity contribution in [3.05, 3.63) is 29.8 Å². The zero-order valence-electron chi connectivity index (χ0n) is 7.02. The molecule has 0 aliphatic carbocycles. The van der Waals surface area contributed by atoms with Crippen molar-refractivity contribution in [2.24, 2.45) is 0 Å². The van der Waals surface area contributed by atoms with Gasteiger partial charge in [0, 0.05) is 6.66 Å². The van der Waals surface area contributed by atoms with Crippen LogP contribution in [0.2, 0.25) is 0 Å². The van der Waals surface area contributed by atoms with Crippen molar-refractivity contribution >= 4 is 7.60 Å². The standard InChI is InChI=1S/C8H11O3P/c1-7-5-3-4-6-8(7)11-12(2,9)10/h3-6H,1-2H3,(H,9,10). The first-order valence-electron chi connectivity index (χ1n) is 3.54. The minimum atomic E-state index is -3.41. The van der Waals surface area contributed by atoms with E-state index >= 15 is 0 Å². The monoisotopic (exact) mass is 186 g/mol. The Morgan fingerprint density at radius 1 is 1.42 bits per heavy atom. The van der Waals surface area contributed by atoms with Crippen LogP contribution in [0.5, 0.6) is 5.75 Å². The smallest absolute Gasteiger partial charge is 0.373 e. The van der Waals surface area contributed by atoms with Gasteiger partial charge in [0.2, 0.25) is 0 Å². The summed E-state index contributed by atoms with van der Waals surface area (Å²) in [6, 6.07) is 7.10. The molecule has 0 radical (unpaired) electrons. The number of hydrogen-bond acceptors (Lipinski definition) is 2. The van der Waals surface area contributed by atoms with Crippen LogP contribution in [-0.4, -0.2) is 11.6 Å². The van der Waals surface area contributed by atoms with E-state index in [1.165, 1.54) is 6.66 Å². The SMILES string of the molecule is Cc1ccccc1OP(C)(=O)O. The van der Waals surface area contributed by atoms with Crippen molar-refractivity contribution in [2.75, 3.05) is 6.66 Å². The fourth-order valence-electron chi connectivity index (χ4n) is 0.841. The first-order chi connectivity index (χ1) is 5.49. The van der Waals surface area contributed by atoms with Crippen LogP contribution in [0.15, 0.2) is 24.3 Å². The molecule has 0 amide bonds. The van der Waals surface area contributed by atoms with Crippen molar-refractivity contribution in [2.45, 2.75) is 6.92 Å². The molecule has 0 aliphatic heterocycles. The van der Waals surface area contributed by atoms with Gasteiger partial charge >= 0.3 is 7.60 Å². The third-order valence-corrected chi connectivity index (χ3v) is 1.90. The molecule has 0 spiro atoms. The number of rotatable bonds is 2. The van der Waals surface area contributed by atoms with Crippen molar-refractivity contribution in [1.29, 1.82) is 0 Å². The second-order valence-electron chi connectivity index (χ2n) is 2.66. The maximum atomic E-state index is 10.9. The topological polar surface area (TPSA) is 46.5 Å². The molecule has 1 unspecified atom stereocenters. The lowest BCUT2D eigenvalue weighted by atomic mass is 10.2. The third-order valence-electron chi connectivity index (χ3n) is 1.36. The molecule has 3 nitrogen and oxygen atoms in total. The fraction of sp³-hybridized carbons (Fsp3) is 0.250. The lowest BCUT2D eigenvalue weighted by Crippen LogP contribution is -1.91. The molecule has 66 valence electrons. The summed E-state index contributed by atoms with van der Waals surface area (Å²) >= 11 is 0. The summed E-state index contributed by atoms with van der Waals surface area (Å²) in [4.78, 5) is 8.93. The Bertz CT molecular complexity index is 316. The van der Waals surface area contributed by atoms with E-state index in [-0.39, 0.29) is 0 Å². The summed E-state index contributed by atoms with van der Waals surface area (Å²) in [5, 5.41) is 0. The van der Waals surface area contributed by atoms with Gasteiger partial charge in [0.15, 0.2) is 0 Å². The van der Waals surface area contributed by atoms with Gasteiger partial charge in [-0.15, -0.1) is 0 Å². The lowest BCUT2D eigenvalue weighted by Gasteiger charge is -2.10. The van der Waals surface area contributed by atoms with Gasteiger partial charge in [0.1, 0.15) is 5.75 Å². The highest BCUT2D eigenvalue weighted by atomic mass is 31.2. The zero-order valence-corrected chi connectivity index (χ0v) is 7.91. The zero-order chi connectivity index (χ0) is 9.19. The molecule has 1 N–H and O–H groups in total. The van der Waals surface area contributed by atoms with Crippen molar-refractivity contribution < 1.29 is 14.0 Å². The maximum Gasteiger partial charge on any atom is 0.373 e. The van der Waals surface area contributed by atoms with E-state index in [9.17, 15) is 4.57 Å². The molecule has 1 rings (SSSR count). The Hall–Kier alpha value is -0.790. The van der Waals surface area contributed by atoms with E-state index < -0.39 is 7.60 Å². The van der Waals surface area contributed by atoms with E-state index in [4.69, 9.17) is 9.42 Å². The van der Waals surface area contributed by atoms with Crippen LogP contribution in [0, 0.1) is 6.92 Å². The summed E-state index contributed by atoms with van der Waals surface area (Å²) in [5.41, 5.74) is 0.855. The summed E-state index contributed by atoms with van der Waals surface area (Å²) in [6.45, 7) is 2.99. The second-order valence-corrected chi connectivity index (χ2v) is 4.45. The molecular weight excluding hydrogens is 175 g/mol. The molecule has 1 aromatic carbocycles. The Labute approximate surface area is 71.5 Å². The van der Waals surface area contributed by atoms with E-state index in [0.29, 0.717) is 5.75 Å². The average Bonchev–Trinajstić information content (AvgIpc) is 1.91. The van der Waals surface area contributed by atoms with Gasteiger partial charge in [-0.1, -0.05) is 18.2 Å². The van der Waals surface area contributed by atoms with Gasteiger partial charge in [-0.25, -0.2) is 4.57 Å². The normalized spacial score (nSPS) is 15.2. The van der Waals surface area contributed by atoms with Crippen LogP contribution in [0.1, 0.15) is 5.56 Å². The summed E-state index contributed by atoms with van der Waals surface area (Å²) < 4.78 is 15.7. The highest BCUT2D eigenvalue weighted by Crippen LogP contribution is 2.39. The molecule has 0 aromatic heterocycles. The first-order valence-corrected chi connectivity index (χ1v) is 5.57. The van der Waals surface area contributed by atoms with Crippen LogP contribution in [-0.2, 0) is 4.57 Å². The van der Waals surface area contributed by atoms with Crippen molar-refractivity contribution in [3.8, 4) is 5.75 Å². The van der Waals surface area contributed by atoms with Gasteiger partial charge in [-0.3, -0.25) is 0 Å². The maximum absolute atomic E-state index is 10.9. The molecule has 4 heteroatoms. The average molecular weight is 186 g/mol. The quantitative estimate of drug-likeness (QED) is 0.720. The molecule has 1 aromatic rings. The van der Waals surface area contributed by atoms with E-state index in [1.54, 1.807) is 12.1 Å². The minimum Gasteiger partial charge on any atom is -0.424 e. The van der Waals surface area contributed by atoms with Gasteiger partial charge < -0.3 is 9.42 Å². The van der Waals surface area contributed by atoms with Crippen molar-refractivity contribution in [3.63, 3.8) is 0 Å². The predicted octanol–water partition coefficient (Wildman–Crippen LogP) is 2.19. The fourth-order valence-corrected chi connectivity index (χ4v) is 1.41. The molecule has 0 saturated heterocycles. The molecule has 0 saturated carbocycles. The van der Waals surface area contributed by atoms with Gasteiger partial charge in [-0.05, 0) is 18.6 Å². The second kappa shape index (κ2) is 3.30. The number of para-hydroxylation sites is 1. The van der Waals surface area contributed by atoms with Gasteiger partial charge in [0.25, 0.3) is 0 Å². The third kappa shape index (κ3) is 2.68. The Morgan fingerprint density at radius 3 is 2.50 bits per heavy atom. The van der Waals surface area contributed by atoms with E-state index in [2.05, 4.69) is 0 Å². The van der Waals surface area contributed by atoms with Crippen molar-refractivity contribution in [1.82, 2.24) is 0 Å². The Kier molecular flexibility index (Phi) is 2.55. The molecule has 0 heterocycles. The van der Waals surface area contributed by atoms with Gasteiger partial charge in [0.05, 0.1) is 0 Å².